The Morgan fingerprint density at radius 1 is 1.27 bits per heavy atom. The third-order valence-corrected chi connectivity index (χ3v) is 3.91. The molecule has 1 heterocycles. The second kappa shape index (κ2) is 9.21. The number of halogens is 5. The van der Waals surface area contributed by atoms with Crippen molar-refractivity contribution in [2.45, 2.75) is 18.4 Å². The summed E-state index contributed by atoms with van der Waals surface area (Å²) in [6.07, 6.45) is -8.84. The summed E-state index contributed by atoms with van der Waals surface area (Å²) in [6.45, 7) is -1.98. The van der Waals surface area contributed by atoms with Crippen LogP contribution in [0.25, 0.3) is 6.08 Å². The van der Waals surface area contributed by atoms with Gasteiger partial charge in [0.05, 0.1) is 10.6 Å². The molecule has 1 aromatic rings. The molecule has 0 saturated carbocycles. The fraction of sp³-hybridized carbons (Fsp3) is 0.357. The highest BCUT2D eigenvalue weighted by Crippen LogP contribution is 2.42. The van der Waals surface area contributed by atoms with E-state index < -0.39 is 53.3 Å². The standard InChI is InChI=1S/C14H10Cl2F3N2O9/c15-7-1-6-2-9(12(14(17,18)19)30-11(6)10(16)3-7)13(22)29-8(4-27-20(23)24)5-28-21(25)26/h1-3,8,12H,4-5H2,(H,23,24)/q+1. The number of alkyl halides is 3. The van der Waals surface area contributed by atoms with E-state index in [0.717, 1.165) is 12.1 Å². The summed E-state index contributed by atoms with van der Waals surface area (Å²) in [5, 5.41) is 16.2. The third-order valence-electron chi connectivity index (χ3n) is 3.41. The van der Waals surface area contributed by atoms with E-state index in [1.807, 2.05) is 0 Å². The molecule has 0 fully saturated rings. The van der Waals surface area contributed by atoms with Crippen LogP contribution in [-0.4, -0.2) is 52.9 Å². The lowest BCUT2D eigenvalue weighted by molar-refractivity contribution is -0.976. The van der Waals surface area contributed by atoms with Crippen molar-refractivity contribution in [3.8, 4) is 5.75 Å². The number of fused-ring (bicyclic) bond motifs is 1. The first kappa shape index (κ1) is 23.3. The molecule has 16 heteroatoms. The molecular weight excluding hydrogens is 468 g/mol. The first-order chi connectivity index (χ1) is 13.9. The minimum Gasteiger partial charge on any atom is -0.474 e. The van der Waals surface area contributed by atoms with E-state index in [1.165, 1.54) is 6.07 Å². The topological polar surface area (TPSA) is 137 Å². The number of nitrogens with zero attached hydrogens (tertiary/aromatic N) is 2. The van der Waals surface area contributed by atoms with Crippen LogP contribution in [0, 0.1) is 15.0 Å². The van der Waals surface area contributed by atoms with Crippen molar-refractivity contribution in [3.63, 3.8) is 0 Å². The minimum atomic E-state index is -5.08. The lowest BCUT2D eigenvalue weighted by atomic mass is 10.0. The van der Waals surface area contributed by atoms with Gasteiger partial charge in [0.2, 0.25) is 12.7 Å². The molecule has 0 bridgehead atoms. The van der Waals surface area contributed by atoms with Gasteiger partial charge in [-0.25, -0.2) is 10.0 Å². The Bertz CT molecular complexity index is 876. The Kier molecular flexibility index (Phi) is 7.15. The van der Waals surface area contributed by atoms with E-state index in [2.05, 4.69) is 9.68 Å². The maximum Gasteiger partial charge on any atom is 0.475 e. The van der Waals surface area contributed by atoms with Gasteiger partial charge in [-0.15, -0.1) is 10.1 Å². The second-order valence-corrected chi connectivity index (χ2v) is 6.37. The molecule has 2 rings (SSSR count). The van der Waals surface area contributed by atoms with E-state index >= 15 is 0 Å². The molecule has 1 N–H and O–H groups in total. The molecule has 0 aromatic heterocycles. The second-order valence-electron chi connectivity index (χ2n) is 5.53. The molecule has 0 radical (unpaired) electrons. The van der Waals surface area contributed by atoms with E-state index in [9.17, 15) is 33.0 Å². The number of benzene rings is 1. The Balaban J connectivity index is 2.34. The fourth-order valence-corrected chi connectivity index (χ4v) is 2.83. The minimum absolute atomic E-state index is 0.0425. The molecular formula is C14H10Cl2F3N2O9+. The normalized spacial score (nSPS) is 16.4. The number of ether oxygens (including phenoxy) is 2. The van der Waals surface area contributed by atoms with Crippen LogP contribution >= 0.6 is 23.2 Å². The zero-order valence-corrected chi connectivity index (χ0v) is 15.8. The molecule has 1 aliphatic heterocycles. The molecule has 164 valence electrons. The first-order valence-electron chi connectivity index (χ1n) is 7.59. The van der Waals surface area contributed by atoms with Gasteiger partial charge in [0.15, 0.2) is 6.10 Å². The zero-order chi connectivity index (χ0) is 22.6. The smallest absolute Gasteiger partial charge is 0.474 e. The van der Waals surface area contributed by atoms with Gasteiger partial charge in [-0.2, -0.15) is 18.0 Å². The lowest BCUT2D eigenvalue weighted by Crippen LogP contribution is -2.42. The van der Waals surface area contributed by atoms with Crippen LogP contribution in [0.1, 0.15) is 5.56 Å². The van der Waals surface area contributed by atoms with Crippen molar-refractivity contribution in [3.05, 3.63) is 48.3 Å². The van der Waals surface area contributed by atoms with Gasteiger partial charge >= 0.3 is 17.2 Å². The van der Waals surface area contributed by atoms with Gasteiger partial charge in [-0.1, -0.05) is 23.2 Å². The summed E-state index contributed by atoms with van der Waals surface area (Å²) in [5.74, 6) is -1.99. The van der Waals surface area contributed by atoms with Crippen molar-refractivity contribution in [1.82, 2.24) is 0 Å². The van der Waals surface area contributed by atoms with Crippen molar-refractivity contribution in [1.29, 1.82) is 0 Å². The van der Waals surface area contributed by atoms with Gasteiger partial charge in [0.1, 0.15) is 17.3 Å². The van der Waals surface area contributed by atoms with Crippen LogP contribution in [0.3, 0.4) is 0 Å². The average Bonchev–Trinajstić information content (AvgIpc) is 2.61. The number of esters is 1. The van der Waals surface area contributed by atoms with Crippen molar-refractivity contribution in [2.24, 2.45) is 0 Å². The van der Waals surface area contributed by atoms with Crippen molar-refractivity contribution < 1.29 is 52.5 Å². The molecule has 0 saturated heterocycles. The monoisotopic (exact) mass is 477 g/mol. The van der Waals surface area contributed by atoms with Crippen molar-refractivity contribution in [2.75, 3.05) is 13.2 Å². The Hall–Kier alpha value is -3.00. The summed E-state index contributed by atoms with van der Waals surface area (Å²) in [4.78, 5) is 41.1. The Labute approximate surface area is 174 Å². The van der Waals surface area contributed by atoms with E-state index in [4.69, 9.17) is 37.9 Å². The maximum absolute atomic E-state index is 13.4. The quantitative estimate of drug-likeness (QED) is 0.340. The Morgan fingerprint density at radius 2 is 1.90 bits per heavy atom. The Morgan fingerprint density at radius 3 is 2.47 bits per heavy atom. The molecule has 0 amide bonds. The largest absolute Gasteiger partial charge is 0.475 e. The highest BCUT2D eigenvalue weighted by Gasteiger charge is 2.49. The number of rotatable bonds is 8. The van der Waals surface area contributed by atoms with Gasteiger partial charge in [-0.3, -0.25) is 0 Å². The molecule has 0 aliphatic carbocycles. The number of carbonyl (C=O) groups excluding carboxylic acids is 1. The highest BCUT2D eigenvalue weighted by molar-refractivity contribution is 6.36. The van der Waals surface area contributed by atoms with Crippen molar-refractivity contribution >= 4 is 35.2 Å². The van der Waals surface area contributed by atoms with E-state index in [0.29, 0.717) is 0 Å². The molecule has 11 nitrogen and oxygen atoms in total. The van der Waals surface area contributed by atoms with E-state index in [-0.39, 0.29) is 21.4 Å². The SMILES string of the molecule is O=C(OC(CO[N+](=O)[O-])CO[N+](=O)O)C1=Cc2cc(Cl)cc(Cl)c2OC1C(F)(F)F. The number of carbonyl (C=O) groups is 1. The molecule has 2 unspecified atom stereocenters. The number of hydrogen-bond donors (Lipinski definition) is 1. The average molecular weight is 478 g/mol. The van der Waals surface area contributed by atoms with Crippen LogP contribution in [-0.2, 0) is 19.2 Å². The van der Waals surface area contributed by atoms with Crippen LogP contribution in [0.2, 0.25) is 10.0 Å². The summed E-state index contributed by atoms with van der Waals surface area (Å²) in [7, 11) is 0. The summed E-state index contributed by atoms with van der Waals surface area (Å²) in [5.41, 5.74) is -1.10. The van der Waals surface area contributed by atoms with Crippen LogP contribution in [0.15, 0.2) is 17.7 Å². The van der Waals surface area contributed by atoms with Crippen LogP contribution in [0.5, 0.6) is 5.75 Å². The molecule has 0 spiro atoms. The predicted octanol–water partition coefficient (Wildman–Crippen LogP) is 2.92. The molecule has 2 atom stereocenters. The third kappa shape index (κ3) is 6.00. The van der Waals surface area contributed by atoms with E-state index in [1.54, 1.807) is 0 Å². The zero-order valence-electron chi connectivity index (χ0n) is 14.3. The van der Waals surface area contributed by atoms with Gasteiger partial charge < -0.3 is 14.3 Å². The predicted molar refractivity (Wildman–Crippen MR) is 89.1 cm³/mol. The highest BCUT2D eigenvalue weighted by atomic mass is 35.5. The molecule has 1 aliphatic rings. The number of hydrogen-bond acceptors (Lipinski definition) is 8. The van der Waals surface area contributed by atoms with Gasteiger partial charge in [0.25, 0.3) is 5.09 Å². The molecule has 1 aromatic carbocycles. The first-order valence-corrected chi connectivity index (χ1v) is 8.35. The van der Waals surface area contributed by atoms with Crippen LogP contribution < -0.4 is 4.74 Å². The molecule has 30 heavy (non-hydrogen) atoms. The summed E-state index contributed by atoms with van der Waals surface area (Å²) in [6, 6.07) is 2.32. The lowest BCUT2D eigenvalue weighted by Gasteiger charge is -2.29. The van der Waals surface area contributed by atoms with Gasteiger partial charge in [-0.05, 0) is 18.2 Å². The van der Waals surface area contributed by atoms with Crippen LogP contribution in [0.4, 0.5) is 13.2 Å². The summed E-state index contributed by atoms with van der Waals surface area (Å²) < 4.78 is 49.9. The van der Waals surface area contributed by atoms with Gasteiger partial charge in [0, 0.05) is 10.6 Å². The fourth-order valence-electron chi connectivity index (χ4n) is 2.27. The maximum atomic E-state index is 13.4. The summed E-state index contributed by atoms with van der Waals surface area (Å²) >= 11 is 11.6.